The number of esters is 1. The van der Waals surface area contributed by atoms with Crippen molar-refractivity contribution in [3.63, 3.8) is 0 Å². The fourth-order valence-electron chi connectivity index (χ4n) is 4.01. The molecule has 2 aliphatic rings. The molecule has 0 aromatic heterocycles. The highest BCUT2D eigenvalue weighted by Crippen LogP contribution is 2.31. The minimum Gasteiger partial charge on any atom is -0.494 e. The Kier molecular flexibility index (Phi) is 7.12. The Bertz CT molecular complexity index is 1070. The fourth-order valence-corrected chi connectivity index (χ4v) is 4.01. The van der Waals surface area contributed by atoms with Crippen LogP contribution in [0, 0.1) is 0 Å². The van der Waals surface area contributed by atoms with Gasteiger partial charge in [0, 0.05) is 18.1 Å². The van der Waals surface area contributed by atoms with Crippen LogP contribution in [0.25, 0.3) is 0 Å². The van der Waals surface area contributed by atoms with Gasteiger partial charge < -0.3 is 24.7 Å². The van der Waals surface area contributed by atoms with E-state index in [1.54, 1.807) is 48.6 Å². The van der Waals surface area contributed by atoms with E-state index in [1.165, 1.54) is 4.90 Å². The standard InChI is InChI=1S/C25H28N4O5/c1-3-33-20-11-7-17(8-12-20)21-15-22-24(31)28(13-14-29(22)27-21)16-23(30)26-19-9-5-18(6-10-19)25(32)34-4-2/h5-14,21-22,27H,3-4,15-16H2,1-2H3,(H,26,30). The highest BCUT2D eigenvalue weighted by Gasteiger charge is 2.40. The van der Waals surface area contributed by atoms with Gasteiger partial charge in [0.05, 0.1) is 24.8 Å². The molecule has 0 aliphatic carbocycles. The van der Waals surface area contributed by atoms with Gasteiger partial charge in [0.2, 0.25) is 5.91 Å². The van der Waals surface area contributed by atoms with Crippen molar-refractivity contribution >= 4 is 23.5 Å². The number of anilines is 1. The first kappa shape index (κ1) is 23.3. The maximum Gasteiger partial charge on any atom is 0.338 e. The van der Waals surface area contributed by atoms with E-state index in [0.717, 1.165) is 11.3 Å². The Morgan fingerprint density at radius 1 is 1.03 bits per heavy atom. The molecule has 2 aliphatic heterocycles. The molecule has 2 unspecified atom stereocenters. The first-order valence-corrected chi connectivity index (χ1v) is 11.3. The molecule has 2 heterocycles. The Labute approximate surface area is 198 Å². The number of fused-ring (bicyclic) bond motifs is 1. The SMILES string of the molecule is CCOC(=O)c1ccc(NC(=O)CN2C=CN3NC(c4ccc(OCC)cc4)CC3C2=O)cc1. The number of amides is 2. The van der Waals surface area contributed by atoms with Gasteiger partial charge >= 0.3 is 5.97 Å². The lowest BCUT2D eigenvalue weighted by Crippen LogP contribution is -2.49. The molecule has 2 N–H and O–H groups in total. The van der Waals surface area contributed by atoms with Crippen molar-refractivity contribution in [2.45, 2.75) is 32.4 Å². The van der Waals surface area contributed by atoms with Crippen molar-refractivity contribution in [3.05, 3.63) is 72.1 Å². The Balaban J connectivity index is 1.33. The van der Waals surface area contributed by atoms with Crippen LogP contribution < -0.4 is 15.5 Å². The minimum absolute atomic E-state index is 0.0130. The molecule has 2 aromatic rings. The molecule has 1 fully saturated rings. The lowest BCUT2D eigenvalue weighted by atomic mass is 10.0. The Morgan fingerprint density at radius 2 is 1.76 bits per heavy atom. The molecular formula is C25H28N4O5. The van der Waals surface area contributed by atoms with Gasteiger partial charge in [0.1, 0.15) is 18.3 Å². The van der Waals surface area contributed by atoms with Gasteiger partial charge in [-0.15, -0.1) is 0 Å². The van der Waals surface area contributed by atoms with Crippen molar-refractivity contribution in [2.75, 3.05) is 25.1 Å². The molecule has 0 bridgehead atoms. The van der Waals surface area contributed by atoms with Crippen LogP contribution in [0.5, 0.6) is 5.75 Å². The average molecular weight is 465 g/mol. The molecule has 2 atom stereocenters. The normalized spacial score (nSPS) is 19.1. The number of benzene rings is 2. The van der Waals surface area contributed by atoms with Crippen molar-refractivity contribution in [1.82, 2.24) is 15.3 Å². The summed E-state index contributed by atoms with van der Waals surface area (Å²) in [5.74, 6) is -0.0750. The quantitative estimate of drug-likeness (QED) is 0.580. The largest absolute Gasteiger partial charge is 0.494 e. The number of carbonyl (C=O) groups excluding carboxylic acids is 3. The van der Waals surface area contributed by atoms with Crippen molar-refractivity contribution < 1.29 is 23.9 Å². The van der Waals surface area contributed by atoms with E-state index >= 15 is 0 Å². The lowest BCUT2D eigenvalue weighted by Gasteiger charge is -2.31. The molecular weight excluding hydrogens is 436 g/mol. The minimum atomic E-state index is -0.414. The van der Waals surface area contributed by atoms with Gasteiger partial charge in [-0.25, -0.2) is 10.2 Å². The topological polar surface area (TPSA) is 100 Å². The summed E-state index contributed by atoms with van der Waals surface area (Å²) in [5.41, 5.74) is 5.35. The predicted molar refractivity (Wildman–Crippen MR) is 126 cm³/mol. The number of rotatable bonds is 8. The van der Waals surface area contributed by atoms with Crippen LogP contribution in [0.4, 0.5) is 5.69 Å². The van der Waals surface area contributed by atoms with Gasteiger partial charge in [-0.2, -0.15) is 0 Å². The summed E-state index contributed by atoms with van der Waals surface area (Å²) in [6.45, 7) is 4.48. The summed E-state index contributed by atoms with van der Waals surface area (Å²) >= 11 is 0. The number of nitrogens with zero attached hydrogens (tertiary/aromatic N) is 2. The summed E-state index contributed by atoms with van der Waals surface area (Å²) in [4.78, 5) is 38.7. The van der Waals surface area contributed by atoms with E-state index in [0.29, 0.717) is 30.9 Å². The summed E-state index contributed by atoms with van der Waals surface area (Å²) in [6.07, 6.45) is 3.97. The molecule has 4 rings (SSSR count). The molecule has 9 heteroatoms. The lowest BCUT2D eigenvalue weighted by molar-refractivity contribution is -0.137. The summed E-state index contributed by atoms with van der Waals surface area (Å²) in [7, 11) is 0. The van der Waals surface area contributed by atoms with Crippen LogP contribution in [0.3, 0.4) is 0 Å². The van der Waals surface area contributed by atoms with E-state index < -0.39 is 12.0 Å². The third-order valence-corrected chi connectivity index (χ3v) is 5.66. The second kappa shape index (κ2) is 10.4. The molecule has 2 amide bonds. The number of carbonyl (C=O) groups is 3. The predicted octanol–water partition coefficient (Wildman–Crippen LogP) is 2.83. The van der Waals surface area contributed by atoms with E-state index in [4.69, 9.17) is 9.47 Å². The van der Waals surface area contributed by atoms with E-state index in [2.05, 4.69) is 10.7 Å². The first-order chi connectivity index (χ1) is 16.5. The van der Waals surface area contributed by atoms with Gasteiger partial charge in [0.15, 0.2) is 0 Å². The van der Waals surface area contributed by atoms with Gasteiger partial charge in [0.25, 0.3) is 5.91 Å². The van der Waals surface area contributed by atoms with E-state index in [-0.39, 0.29) is 24.4 Å². The third kappa shape index (κ3) is 5.20. The number of hydrazine groups is 1. The number of nitrogens with one attached hydrogen (secondary N) is 2. The second-order valence-electron chi connectivity index (χ2n) is 7.95. The first-order valence-electron chi connectivity index (χ1n) is 11.3. The Morgan fingerprint density at radius 3 is 2.44 bits per heavy atom. The smallest absolute Gasteiger partial charge is 0.338 e. The van der Waals surface area contributed by atoms with Crippen LogP contribution in [-0.2, 0) is 14.3 Å². The van der Waals surface area contributed by atoms with Crippen LogP contribution in [0.15, 0.2) is 60.9 Å². The Hall–Kier alpha value is -3.85. The van der Waals surface area contributed by atoms with Crippen LogP contribution in [-0.4, -0.2) is 53.5 Å². The molecule has 2 aromatic carbocycles. The van der Waals surface area contributed by atoms with Gasteiger partial charge in [-0.05, 0) is 62.2 Å². The molecule has 34 heavy (non-hydrogen) atoms. The van der Waals surface area contributed by atoms with E-state index in [1.807, 2.05) is 31.2 Å². The average Bonchev–Trinajstić information content (AvgIpc) is 3.27. The van der Waals surface area contributed by atoms with Gasteiger partial charge in [-0.3, -0.25) is 9.59 Å². The highest BCUT2D eigenvalue weighted by molar-refractivity contribution is 5.96. The maximum atomic E-state index is 13.0. The molecule has 178 valence electrons. The van der Waals surface area contributed by atoms with Crippen LogP contribution in [0.2, 0.25) is 0 Å². The summed E-state index contributed by atoms with van der Waals surface area (Å²) < 4.78 is 10.4. The second-order valence-corrected chi connectivity index (χ2v) is 7.95. The zero-order chi connectivity index (χ0) is 24.1. The molecule has 0 saturated carbocycles. The summed E-state index contributed by atoms with van der Waals surface area (Å²) in [5, 5.41) is 4.56. The number of ether oxygens (including phenoxy) is 2. The molecule has 9 nitrogen and oxygen atoms in total. The number of hydrogen-bond acceptors (Lipinski definition) is 7. The molecule has 1 saturated heterocycles. The van der Waals surface area contributed by atoms with Crippen molar-refractivity contribution in [1.29, 1.82) is 0 Å². The van der Waals surface area contributed by atoms with Crippen molar-refractivity contribution in [3.8, 4) is 5.75 Å². The third-order valence-electron chi connectivity index (χ3n) is 5.66. The zero-order valence-electron chi connectivity index (χ0n) is 19.2. The maximum absolute atomic E-state index is 13.0. The number of hydrogen-bond donors (Lipinski definition) is 2. The monoisotopic (exact) mass is 464 g/mol. The van der Waals surface area contributed by atoms with Crippen LogP contribution >= 0.6 is 0 Å². The van der Waals surface area contributed by atoms with E-state index in [9.17, 15) is 14.4 Å². The zero-order valence-corrected chi connectivity index (χ0v) is 19.2. The van der Waals surface area contributed by atoms with Crippen molar-refractivity contribution in [2.24, 2.45) is 0 Å². The molecule has 0 spiro atoms. The highest BCUT2D eigenvalue weighted by atomic mass is 16.5. The molecule has 0 radical (unpaired) electrons. The summed E-state index contributed by atoms with van der Waals surface area (Å²) in [6, 6.07) is 13.9. The van der Waals surface area contributed by atoms with Crippen LogP contribution in [0.1, 0.15) is 42.2 Å². The fraction of sp³-hybridized carbons (Fsp3) is 0.320. The van der Waals surface area contributed by atoms with Gasteiger partial charge in [-0.1, -0.05) is 12.1 Å².